The second kappa shape index (κ2) is 10.1. The van der Waals surface area contributed by atoms with Crippen molar-refractivity contribution in [3.05, 3.63) is 18.2 Å². The molecule has 0 bridgehead atoms. The van der Waals surface area contributed by atoms with Crippen molar-refractivity contribution in [3.63, 3.8) is 0 Å². The molecule has 1 aromatic carbocycles. The number of ether oxygens (including phenoxy) is 2. The molecule has 3 N–H and O–H groups in total. The molecule has 0 atom stereocenters. The van der Waals surface area contributed by atoms with E-state index in [4.69, 9.17) is 15.2 Å². The first kappa shape index (κ1) is 19.4. The number of guanidine groups is 1. The number of nitrogens with one attached hydrogen (secondary N) is 1. The molecule has 0 unspecified atom stereocenters. The summed E-state index contributed by atoms with van der Waals surface area (Å²) in [5.74, 6) is 1.84. The summed E-state index contributed by atoms with van der Waals surface area (Å²) in [4.78, 5) is 6.90. The molecular formula is C19H32N4O2. The fourth-order valence-corrected chi connectivity index (χ4v) is 3.31. The lowest BCUT2D eigenvalue weighted by Crippen LogP contribution is -2.34. The highest BCUT2D eigenvalue weighted by atomic mass is 16.5. The fraction of sp³-hybridized carbons (Fsp3) is 0.632. The maximum Gasteiger partial charge on any atom is 0.193 e. The van der Waals surface area contributed by atoms with Gasteiger partial charge >= 0.3 is 0 Å². The normalized spacial score (nSPS) is 16.1. The number of anilines is 1. The lowest BCUT2D eigenvalue weighted by molar-refractivity contribution is 0.191. The van der Waals surface area contributed by atoms with Gasteiger partial charge in [0.05, 0.1) is 19.9 Å². The van der Waals surface area contributed by atoms with Crippen molar-refractivity contribution in [1.29, 1.82) is 0 Å². The van der Waals surface area contributed by atoms with Gasteiger partial charge in [-0.15, -0.1) is 0 Å². The minimum atomic E-state index is 0.395. The lowest BCUT2D eigenvalue weighted by atomic mass is 9.94. The Balaban J connectivity index is 1.79. The Morgan fingerprint density at radius 3 is 2.68 bits per heavy atom. The summed E-state index contributed by atoms with van der Waals surface area (Å²) in [6, 6.07) is 6.28. The number of rotatable bonds is 8. The number of aliphatic imine (C=N–C) groups is 1. The van der Waals surface area contributed by atoms with Crippen molar-refractivity contribution in [2.24, 2.45) is 10.7 Å². The van der Waals surface area contributed by atoms with Gasteiger partial charge in [0.1, 0.15) is 11.5 Å². The van der Waals surface area contributed by atoms with Crippen molar-refractivity contribution in [3.8, 4) is 11.5 Å². The van der Waals surface area contributed by atoms with Crippen LogP contribution in [0.15, 0.2) is 23.2 Å². The summed E-state index contributed by atoms with van der Waals surface area (Å²) in [7, 11) is 5.48. The lowest BCUT2D eigenvalue weighted by Gasteiger charge is -2.30. The van der Waals surface area contributed by atoms with Crippen LogP contribution in [-0.2, 0) is 0 Å². The molecule has 2 rings (SSSR count). The Labute approximate surface area is 151 Å². The predicted octanol–water partition coefficient (Wildman–Crippen LogP) is 3.09. The molecule has 0 aromatic heterocycles. The summed E-state index contributed by atoms with van der Waals surface area (Å²) in [6.45, 7) is 1.77. The van der Waals surface area contributed by atoms with Crippen LogP contribution in [0.4, 0.5) is 5.69 Å². The van der Waals surface area contributed by atoms with Gasteiger partial charge in [-0.3, -0.25) is 4.99 Å². The smallest absolute Gasteiger partial charge is 0.193 e. The van der Waals surface area contributed by atoms with Crippen molar-refractivity contribution in [2.45, 2.75) is 44.6 Å². The average Bonchev–Trinajstić information content (AvgIpc) is 2.65. The van der Waals surface area contributed by atoms with Crippen LogP contribution in [-0.4, -0.2) is 51.3 Å². The minimum absolute atomic E-state index is 0.395. The number of nitrogens with zero attached hydrogens (tertiary/aromatic N) is 2. The van der Waals surface area contributed by atoms with Gasteiger partial charge in [0, 0.05) is 18.7 Å². The van der Waals surface area contributed by atoms with Gasteiger partial charge in [0.15, 0.2) is 5.96 Å². The summed E-state index contributed by atoms with van der Waals surface area (Å²) in [5.41, 5.74) is 6.76. The number of hydrogen-bond donors (Lipinski definition) is 2. The van der Waals surface area contributed by atoms with Gasteiger partial charge in [-0.1, -0.05) is 19.3 Å². The number of methoxy groups -OCH3 is 2. The van der Waals surface area contributed by atoms with Crippen molar-refractivity contribution in [2.75, 3.05) is 39.7 Å². The first-order chi connectivity index (χ1) is 12.1. The number of nitrogens with two attached hydrogens (primary N) is 1. The molecule has 1 aliphatic carbocycles. The topological polar surface area (TPSA) is 72.1 Å². The molecular weight excluding hydrogens is 316 g/mol. The molecule has 0 radical (unpaired) electrons. The van der Waals surface area contributed by atoms with Crippen molar-refractivity contribution in [1.82, 2.24) is 4.90 Å². The summed E-state index contributed by atoms with van der Waals surface area (Å²) >= 11 is 0. The van der Waals surface area contributed by atoms with E-state index in [9.17, 15) is 0 Å². The Kier molecular flexibility index (Phi) is 7.85. The summed E-state index contributed by atoms with van der Waals surface area (Å²) < 4.78 is 10.6. The van der Waals surface area contributed by atoms with Crippen LogP contribution < -0.4 is 20.5 Å². The molecule has 1 aromatic rings. The van der Waals surface area contributed by atoms with E-state index in [1.807, 2.05) is 18.2 Å². The standard InChI is InChI=1S/C19H32N4O2/c1-23(15-8-5-4-6-9-15)13-7-12-21-19(20)22-17-14-16(24-2)10-11-18(17)25-3/h10-11,14-15H,4-9,12-13H2,1-3H3,(H3,20,21,22). The average molecular weight is 348 g/mol. The zero-order chi connectivity index (χ0) is 18.1. The van der Waals surface area contributed by atoms with Crippen LogP contribution in [0, 0.1) is 0 Å². The van der Waals surface area contributed by atoms with E-state index in [-0.39, 0.29) is 0 Å². The molecule has 6 heteroatoms. The van der Waals surface area contributed by atoms with Crippen LogP contribution in [0.25, 0.3) is 0 Å². The van der Waals surface area contributed by atoms with E-state index in [0.29, 0.717) is 18.3 Å². The highest BCUT2D eigenvalue weighted by molar-refractivity contribution is 5.93. The molecule has 0 spiro atoms. The SMILES string of the molecule is COc1ccc(OC)c(NC(N)=NCCCN(C)C2CCCCC2)c1. The fourth-order valence-electron chi connectivity index (χ4n) is 3.31. The van der Waals surface area contributed by atoms with E-state index in [1.165, 1.54) is 32.1 Å². The minimum Gasteiger partial charge on any atom is -0.497 e. The Morgan fingerprint density at radius 2 is 2.00 bits per heavy atom. The zero-order valence-electron chi connectivity index (χ0n) is 15.8. The Morgan fingerprint density at radius 1 is 1.24 bits per heavy atom. The van der Waals surface area contributed by atoms with Gasteiger partial charge in [-0.05, 0) is 45.0 Å². The number of hydrogen-bond acceptors (Lipinski definition) is 4. The van der Waals surface area contributed by atoms with E-state index >= 15 is 0 Å². The molecule has 1 aliphatic rings. The van der Waals surface area contributed by atoms with Crippen LogP contribution in [0.2, 0.25) is 0 Å². The third kappa shape index (κ3) is 6.12. The van der Waals surface area contributed by atoms with Crippen molar-refractivity contribution < 1.29 is 9.47 Å². The van der Waals surface area contributed by atoms with Crippen LogP contribution in [0.3, 0.4) is 0 Å². The van der Waals surface area contributed by atoms with Gasteiger partial charge in [0.25, 0.3) is 0 Å². The maximum atomic E-state index is 6.01. The molecule has 140 valence electrons. The molecule has 6 nitrogen and oxygen atoms in total. The Bertz CT molecular complexity index is 556. The highest BCUT2D eigenvalue weighted by Crippen LogP contribution is 2.28. The monoisotopic (exact) mass is 348 g/mol. The third-order valence-electron chi connectivity index (χ3n) is 4.82. The predicted molar refractivity (Wildman–Crippen MR) is 104 cm³/mol. The highest BCUT2D eigenvalue weighted by Gasteiger charge is 2.17. The first-order valence-electron chi connectivity index (χ1n) is 9.13. The van der Waals surface area contributed by atoms with Gasteiger partial charge < -0.3 is 25.4 Å². The van der Waals surface area contributed by atoms with Gasteiger partial charge in [-0.25, -0.2) is 0 Å². The van der Waals surface area contributed by atoms with E-state index in [1.54, 1.807) is 14.2 Å². The van der Waals surface area contributed by atoms with E-state index in [0.717, 1.165) is 30.4 Å². The summed E-state index contributed by atoms with van der Waals surface area (Å²) in [6.07, 6.45) is 7.80. The second-order valence-corrected chi connectivity index (χ2v) is 6.58. The van der Waals surface area contributed by atoms with Crippen LogP contribution in [0.5, 0.6) is 11.5 Å². The Hall–Kier alpha value is -1.95. The van der Waals surface area contributed by atoms with Crippen molar-refractivity contribution >= 4 is 11.6 Å². The van der Waals surface area contributed by atoms with Crippen LogP contribution in [0.1, 0.15) is 38.5 Å². The molecule has 0 heterocycles. The maximum absolute atomic E-state index is 6.01. The molecule has 1 saturated carbocycles. The van der Waals surface area contributed by atoms with Gasteiger partial charge in [-0.2, -0.15) is 0 Å². The molecule has 1 fully saturated rings. The van der Waals surface area contributed by atoms with E-state index in [2.05, 4.69) is 22.3 Å². The molecule has 0 aliphatic heterocycles. The second-order valence-electron chi connectivity index (χ2n) is 6.58. The number of benzene rings is 1. The molecule has 0 saturated heterocycles. The first-order valence-corrected chi connectivity index (χ1v) is 9.13. The largest absolute Gasteiger partial charge is 0.497 e. The zero-order valence-corrected chi connectivity index (χ0v) is 15.8. The van der Waals surface area contributed by atoms with Gasteiger partial charge in [0.2, 0.25) is 0 Å². The molecule has 25 heavy (non-hydrogen) atoms. The third-order valence-corrected chi connectivity index (χ3v) is 4.82. The molecule has 0 amide bonds. The van der Waals surface area contributed by atoms with E-state index < -0.39 is 0 Å². The quantitative estimate of drug-likeness (QED) is 0.429. The van der Waals surface area contributed by atoms with Crippen LogP contribution >= 0.6 is 0 Å². The summed E-state index contributed by atoms with van der Waals surface area (Å²) in [5, 5.41) is 3.10.